The van der Waals surface area contributed by atoms with Crippen molar-refractivity contribution in [3.63, 3.8) is 0 Å². The van der Waals surface area contributed by atoms with E-state index in [4.69, 9.17) is 5.73 Å². The van der Waals surface area contributed by atoms with Gasteiger partial charge in [0.15, 0.2) is 0 Å². The molecule has 3 heteroatoms. The molecule has 0 amide bonds. The lowest BCUT2D eigenvalue weighted by Crippen LogP contribution is -2.32. The summed E-state index contributed by atoms with van der Waals surface area (Å²) < 4.78 is 1.93. The second kappa shape index (κ2) is 3.50. The first-order chi connectivity index (χ1) is 5.90. The average Bonchev–Trinajstić information content (AvgIpc) is 2.27. The Hall–Kier alpha value is -0.830. The lowest BCUT2D eigenvalue weighted by atomic mass is 9.98. The highest BCUT2D eigenvalue weighted by atomic mass is 15.3. The molecule has 0 spiro atoms. The lowest BCUT2D eigenvalue weighted by Gasteiger charge is -2.18. The van der Waals surface area contributed by atoms with E-state index in [1.54, 1.807) is 0 Å². The van der Waals surface area contributed by atoms with Crippen LogP contribution < -0.4 is 5.73 Å². The van der Waals surface area contributed by atoms with Crippen molar-refractivity contribution in [2.24, 2.45) is 12.8 Å². The van der Waals surface area contributed by atoms with Gasteiger partial charge in [-0.05, 0) is 39.2 Å². The monoisotopic (exact) mass is 181 g/mol. The zero-order valence-corrected chi connectivity index (χ0v) is 8.96. The van der Waals surface area contributed by atoms with E-state index < -0.39 is 0 Å². The van der Waals surface area contributed by atoms with Gasteiger partial charge in [-0.15, -0.1) is 0 Å². The van der Waals surface area contributed by atoms with Crippen LogP contribution in [0.25, 0.3) is 0 Å². The Morgan fingerprint density at radius 2 is 2.15 bits per heavy atom. The highest BCUT2D eigenvalue weighted by molar-refractivity contribution is 5.15. The molecule has 0 radical (unpaired) electrons. The second-order valence-electron chi connectivity index (χ2n) is 4.39. The lowest BCUT2D eigenvalue weighted by molar-refractivity contribution is 0.468. The van der Waals surface area contributed by atoms with E-state index in [1.807, 2.05) is 17.9 Å². The minimum Gasteiger partial charge on any atom is -0.326 e. The maximum Gasteiger partial charge on any atom is 0.0521 e. The van der Waals surface area contributed by atoms with Crippen LogP contribution in [0.1, 0.15) is 31.5 Å². The molecule has 2 N–H and O–H groups in total. The summed E-state index contributed by atoms with van der Waals surface area (Å²) in [7, 11) is 1.98. The molecule has 0 saturated heterocycles. The van der Waals surface area contributed by atoms with Crippen LogP contribution in [0.5, 0.6) is 0 Å². The van der Waals surface area contributed by atoms with Crippen LogP contribution in [0.2, 0.25) is 0 Å². The largest absolute Gasteiger partial charge is 0.326 e. The summed E-state index contributed by atoms with van der Waals surface area (Å²) in [6.07, 6.45) is 3.90. The van der Waals surface area contributed by atoms with Crippen LogP contribution in [-0.4, -0.2) is 15.3 Å². The number of aryl methyl sites for hydroxylation is 2. The molecule has 1 aromatic rings. The third-order valence-electron chi connectivity index (χ3n) is 2.28. The molecule has 0 fully saturated rings. The minimum atomic E-state index is -0.0866. The van der Waals surface area contributed by atoms with Crippen molar-refractivity contribution in [1.82, 2.24) is 9.78 Å². The van der Waals surface area contributed by atoms with Crippen LogP contribution in [0.3, 0.4) is 0 Å². The molecule has 0 aliphatic carbocycles. The molecular formula is C10H19N3. The predicted octanol–water partition coefficient (Wildman–Crippen LogP) is 1.40. The second-order valence-corrected chi connectivity index (χ2v) is 4.39. The summed E-state index contributed by atoms with van der Waals surface area (Å²) in [4.78, 5) is 0. The van der Waals surface area contributed by atoms with Gasteiger partial charge in [-0.25, -0.2) is 0 Å². The Labute approximate surface area is 79.9 Å². The van der Waals surface area contributed by atoms with Gasteiger partial charge in [-0.3, -0.25) is 4.68 Å². The number of nitrogens with two attached hydrogens (primary N) is 1. The van der Waals surface area contributed by atoms with Gasteiger partial charge >= 0.3 is 0 Å². The summed E-state index contributed by atoms with van der Waals surface area (Å²) in [6, 6.07) is 0. The van der Waals surface area contributed by atoms with Gasteiger partial charge in [0.1, 0.15) is 0 Å². The first-order valence-corrected chi connectivity index (χ1v) is 4.66. The third kappa shape index (κ3) is 2.84. The van der Waals surface area contributed by atoms with Crippen molar-refractivity contribution >= 4 is 0 Å². The summed E-state index contributed by atoms with van der Waals surface area (Å²) in [5.41, 5.74) is 8.38. The number of hydrogen-bond acceptors (Lipinski definition) is 2. The van der Waals surface area contributed by atoms with E-state index in [0.717, 1.165) is 12.8 Å². The normalized spacial score (nSPS) is 12.1. The number of aromatic nitrogens is 2. The number of nitrogens with zero attached hydrogens (tertiary/aromatic N) is 2. The van der Waals surface area contributed by atoms with Crippen molar-refractivity contribution in [1.29, 1.82) is 0 Å². The Bertz CT molecular complexity index is 261. The van der Waals surface area contributed by atoms with Crippen LogP contribution >= 0.6 is 0 Å². The minimum absolute atomic E-state index is 0.0866. The van der Waals surface area contributed by atoms with Crippen LogP contribution in [0.4, 0.5) is 0 Å². The van der Waals surface area contributed by atoms with Gasteiger partial charge in [0.05, 0.1) is 6.20 Å². The summed E-state index contributed by atoms with van der Waals surface area (Å²) >= 11 is 0. The number of rotatable bonds is 3. The van der Waals surface area contributed by atoms with Crippen molar-refractivity contribution in [3.05, 3.63) is 17.5 Å². The SMILES string of the molecule is Cc1cnn(C)c1CCC(C)(C)N. The fraction of sp³-hybridized carbons (Fsp3) is 0.700. The molecule has 0 unspecified atom stereocenters. The molecule has 13 heavy (non-hydrogen) atoms. The average molecular weight is 181 g/mol. The fourth-order valence-electron chi connectivity index (χ4n) is 1.37. The van der Waals surface area contributed by atoms with E-state index >= 15 is 0 Å². The van der Waals surface area contributed by atoms with Gasteiger partial charge in [0.25, 0.3) is 0 Å². The third-order valence-corrected chi connectivity index (χ3v) is 2.28. The van der Waals surface area contributed by atoms with E-state index in [1.165, 1.54) is 11.3 Å². The van der Waals surface area contributed by atoms with E-state index in [-0.39, 0.29) is 5.54 Å². The Balaban J connectivity index is 2.64. The molecule has 0 atom stereocenters. The molecule has 0 aromatic carbocycles. The molecule has 1 heterocycles. The topological polar surface area (TPSA) is 43.8 Å². The molecule has 1 rings (SSSR count). The van der Waals surface area contributed by atoms with Crippen molar-refractivity contribution in [3.8, 4) is 0 Å². The first-order valence-electron chi connectivity index (χ1n) is 4.66. The Kier molecular flexibility index (Phi) is 2.76. The highest BCUT2D eigenvalue weighted by Crippen LogP contribution is 2.13. The predicted molar refractivity (Wildman–Crippen MR) is 54.5 cm³/mol. The van der Waals surface area contributed by atoms with Crippen LogP contribution in [0, 0.1) is 6.92 Å². The Morgan fingerprint density at radius 3 is 2.54 bits per heavy atom. The molecule has 0 saturated carbocycles. The van der Waals surface area contributed by atoms with E-state index in [9.17, 15) is 0 Å². The quantitative estimate of drug-likeness (QED) is 0.766. The standard InChI is InChI=1S/C10H19N3/c1-8-7-12-13(4)9(8)5-6-10(2,3)11/h7H,5-6,11H2,1-4H3. The smallest absolute Gasteiger partial charge is 0.0521 e. The summed E-state index contributed by atoms with van der Waals surface area (Å²) in [6.45, 7) is 6.20. The fourth-order valence-corrected chi connectivity index (χ4v) is 1.37. The molecule has 0 aliphatic rings. The molecule has 74 valence electrons. The highest BCUT2D eigenvalue weighted by Gasteiger charge is 2.13. The molecule has 1 aromatic heterocycles. The first kappa shape index (κ1) is 10.3. The van der Waals surface area contributed by atoms with E-state index in [0.29, 0.717) is 0 Å². The van der Waals surface area contributed by atoms with E-state index in [2.05, 4.69) is 25.9 Å². The van der Waals surface area contributed by atoms with Gasteiger partial charge in [-0.1, -0.05) is 0 Å². The molecule has 0 bridgehead atoms. The zero-order chi connectivity index (χ0) is 10.1. The summed E-state index contributed by atoms with van der Waals surface area (Å²) in [5, 5.41) is 4.19. The molecular weight excluding hydrogens is 162 g/mol. The number of hydrogen-bond donors (Lipinski definition) is 1. The maximum atomic E-state index is 5.92. The Morgan fingerprint density at radius 1 is 1.54 bits per heavy atom. The zero-order valence-electron chi connectivity index (χ0n) is 8.96. The van der Waals surface area contributed by atoms with Crippen molar-refractivity contribution < 1.29 is 0 Å². The van der Waals surface area contributed by atoms with Gasteiger partial charge in [0, 0.05) is 18.3 Å². The van der Waals surface area contributed by atoms with Crippen LogP contribution in [0.15, 0.2) is 6.20 Å². The van der Waals surface area contributed by atoms with Gasteiger partial charge < -0.3 is 5.73 Å². The summed E-state index contributed by atoms with van der Waals surface area (Å²) in [5.74, 6) is 0. The van der Waals surface area contributed by atoms with Crippen LogP contribution in [-0.2, 0) is 13.5 Å². The molecule has 3 nitrogen and oxygen atoms in total. The van der Waals surface area contributed by atoms with Crippen molar-refractivity contribution in [2.45, 2.75) is 39.2 Å². The maximum absolute atomic E-state index is 5.92. The van der Waals surface area contributed by atoms with Crippen molar-refractivity contribution in [2.75, 3.05) is 0 Å². The van der Waals surface area contributed by atoms with Gasteiger partial charge in [0.2, 0.25) is 0 Å². The molecule has 0 aliphatic heterocycles. The van der Waals surface area contributed by atoms with Gasteiger partial charge in [-0.2, -0.15) is 5.10 Å².